The minimum atomic E-state index is -0.177. The Morgan fingerprint density at radius 1 is 1.14 bits per heavy atom. The van der Waals surface area contributed by atoms with Gasteiger partial charge in [0.15, 0.2) is 11.5 Å². The number of rotatable bonds is 8. The highest BCUT2D eigenvalue weighted by Gasteiger charge is 2.15. The summed E-state index contributed by atoms with van der Waals surface area (Å²) in [5, 5.41) is 4.04. The van der Waals surface area contributed by atoms with Gasteiger partial charge in [-0.3, -0.25) is 4.79 Å². The van der Waals surface area contributed by atoms with Crippen molar-refractivity contribution in [2.45, 2.75) is 25.6 Å². The Hall–Kier alpha value is -2.60. The Morgan fingerprint density at radius 2 is 1.86 bits per heavy atom. The molecule has 2 aromatic carbocycles. The lowest BCUT2D eigenvalue weighted by atomic mass is 10.1. The highest BCUT2D eigenvalue weighted by Crippen LogP contribution is 2.32. The second-order valence-corrected chi connectivity index (χ2v) is 7.59. The summed E-state index contributed by atoms with van der Waals surface area (Å²) in [6, 6.07) is 13.5. The van der Waals surface area contributed by atoms with E-state index in [1.165, 1.54) is 0 Å². The van der Waals surface area contributed by atoms with E-state index >= 15 is 0 Å². The summed E-state index contributed by atoms with van der Waals surface area (Å²) in [5.41, 5.74) is 3.07. The van der Waals surface area contributed by atoms with Crippen molar-refractivity contribution in [3.63, 3.8) is 0 Å². The van der Waals surface area contributed by atoms with Gasteiger partial charge < -0.3 is 19.2 Å². The minimum Gasteiger partial charge on any atom is -0.493 e. The number of carbonyl (C=O) groups excluding carboxylic acids is 1. The largest absolute Gasteiger partial charge is 0.493 e. The van der Waals surface area contributed by atoms with E-state index in [0.29, 0.717) is 17.3 Å². The van der Waals surface area contributed by atoms with Gasteiger partial charge in [0.2, 0.25) is 5.91 Å². The molecule has 0 unspecified atom stereocenters. The zero-order valence-electron chi connectivity index (χ0n) is 16.6. The molecule has 1 aromatic heterocycles. The van der Waals surface area contributed by atoms with Crippen LogP contribution in [-0.2, 0) is 10.5 Å². The monoisotopic (exact) mass is 399 g/mol. The molecule has 0 saturated carbocycles. The molecular formula is C22H25NO4S. The molecule has 0 aliphatic carbocycles. The molecule has 0 aliphatic heterocycles. The highest BCUT2D eigenvalue weighted by molar-refractivity contribution is 7.99. The zero-order valence-corrected chi connectivity index (χ0v) is 17.4. The first-order valence-corrected chi connectivity index (χ1v) is 10.2. The Balaban J connectivity index is 1.54. The summed E-state index contributed by atoms with van der Waals surface area (Å²) in [6.07, 6.45) is 0. The van der Waals surface area contributed by atoms with E-state index in [2.05, 4.69) is 5.32 Å². The van der Waals surface area contributed by atoms with Crippen LogP contribution in [0.2, 0.25) is 0 Å². The highest BCUT2D eigenvalue weighted by atomic mass is 32.2. The van der Waals surface area contributed by atoms with Crippen LogP contribution in [0.5, 0.6) is 11.5 Å². The maximum atomic E-state index is 12.3. The number of aryl methyl sites for hydroxylation is 1. The average Bonchev–Trinajstić information content (AvgIpc) is 3.13. The maximum absolute atomic E-state index is 12.3. The van der Waals surface area contributed by atoms with E-state index in [4.69, 9.17) is 13.9 Å². The first-order valence-electron chi connectivity index (χ1n) is 9.09. The predicted molar refractivity (Wildman–Crippen MR) is 113 cm³/mol. The van der Waals surface area contributed by atoms with Gasteiger partial charge in [0.05, 0.1) is 26.0 Å². The maximum Gasteiger partial charge on any atom is 0.230 e. The lowest BCUT2D eigenvalue weighted by Crippen LogP contribution is -2.28. The number of para-hydroxylation sites is 1. The molecule has 148 valence electrons. The number of hydrogen-bond acceptors (Lipinski definition) is 5. The Kier molecular flexibility index (Phi) is 6.52. The number of nitrogens with one attached hydrogen (secondary N) is 1. The summed E-state index contributed by atoms with van der Waals surface area (Å²) in [5.74, 6) is 3.25. The van der Waals surface area contributed by atoms with Crippen LogP contribution in [-0.4, -0.2) is 25.9 Å². The van der Waals surface area contributed by atoms with Crippen molar-refractivity contribution in [1.82, 2.24) is 5.32 Å². The molecule has 28 heavy (non-hydrogen) atoms. The van der Waals surface area contributed by atoms with Gasteiger partial charge in [-0.1, -0.05) is 18.2 Å². The van der Waals surface area contributed by atoms with Gasteiger partial charge >= 0.3 is 0 Å². The summed E-state index contributed by atoms with van der Waals surface area (Å²) in [7, 11) is 3.25. The summed E-state index contributed by atoms with van der Waals surface area (Å²) in [4.78, 5) is 12.3. The van der Waals surface area contributed by atoms with Crippen LogP contribution in [0.1, 0.15) is 29.9 Å². The number of carbonyl (C=O) groups is 1. The number of amides is 1. The lowest BCUT2D eigenvalue weighted by Gasteiger charge is -2.13. The average molecular weight is 400 g/mol. The molecule has 0 radical (unpaired) electrons. The molecule has 0 bridgehead atoms. The molecule has 1 amide bonds. The van der Waals surface area contributed by atoms with E-state index in [0.717, 1.165) is 33.6 Å². The van der Waals surface area contributed by atoms with Crippen molar-refractivity contribution in [2.24, 2.45) is 0 Å². The predicted octanol–water partition coefficient (Wildman–Crippen LogP) is 4.87. The fraction of sp³-hybridized carbons (Fsp3) is 0.318. The molecule has 5 nitrogen and oxygen atoms in total. The molecule has 1 atom stereocenters. The summed E-state index contributed by atoms with van der Waals surface area (Å²) >= 11 is 1.56. The van der Waals surface area contributed by atoms with Crippen LogP contribution < -0.4 is 14.8 Å². The second kappa shape index (κ2) is 9.06. The Labute approximate surface area is 169 Å². The molecule has 1 N–H and O–H groups in total. The van der Waals surface area contributed by atoms with Gasteiger partial charge in [0, 0.05) is 11.1 Å². The number of methoxy groups -OCH3 is 2. The standard InChI is InChI=1S/C22H25NO4S/c1-14-9-20(25-3)21(26-4)11-17(14)12-28-13-22(24)23-15(2)19-10-16-7-5-6-8-18(16)27-19/h5-11,15H,12-13H2,1-4H3,(H,23,24)/t15-/m0/s1. The van der Waals surface area contributed by atoms with Crippen LogP contribution in [0.15, 0.2) is 46.9 Å². The van der Waals surface area contributed by atoms with Crippen molar-refractivity contribution in [2.75, 3.05) is 20.0 Å². The number of hydrogen-bond donors (Lipinski definition) is 1. The first-order chi connectivity index (χ1) is 13.5. The van der Waals surface area contributed by atoms with Crippen LogP contribution in [0.25, 0.3) is 11.0 Å². The van der Waals surface area contributed by atoms with E-state index in [1.807, 2.05) is 56.3 Å². The van der Waals surface area contributed by atoms with Crippen molar-refractivity contribution >= 4 is 28.6 Å². The van der Waals surface area contributed by atoms with E-state index in [9.17, 15) is 4.79 Å². The van der Waals surface area contributed by atoms with Gasteiger partial charge in [-0.05, 0) is 49.2 Å². The van der Waals surface area contributed by atoms with E-state index in [-0.39, 0.29) is 11.9 Å². The third kappa shape index (κ3) is 4.62. The smallest absolute Gasteiger partial charge is 0.230 e. The van der Waals surface area contributed by atoms with E-state index < -0.39 is 0 Å². The molecule has 0 aliphatic rings. The third-order valence-electron chi connectivity index (χ3n) is 4.58. The molecule has 0 fully saturated rings. The van der Waals surface area contributed by atoms with Gasteiger partial charge in [0.25, 0.3) is 0 Å². The van der Waals surface area contributed by atoms with Gasteiger partial charge in [-0.15, -0.1) is 11.8 Å². The topological polar surface area (TPSA) is 60.7 Å². The number of furan rings is 1. The molecule has 0 saturated heterocycles. The molecule has 3 aromatic rings. The van der Waals surface area contributed by atoms with Gasteiger partial charge in [-0.2, -0.15) is 0 Å². The van der Waals surface area contributed by atoms with Gasteiger partial charge in [0.1, 0.15) is 11.3 Å². The fourth-order valence-electron chi connectivity index (χ4n) is 3.00. The van der Waals surface area contributed by atoms with Crippen LogP contribution >= 0.6 is 11.8 Å². The first kappa shape index (κ1) is 20.1. The van der Waals surface area contributed by atoms with Gasteiger partial charge in [-0.25, -0.2) is 0 Å². The van der Waals surface area contributed by atoms with Crippen molar-refractivity contribution < 1.29 is 18.7 Å². The molecular weight excluding hydrogens is 374 g/mol. The quantitative estimate of drug-likeness (QED) is 0.586. The second-order valence-electron chi connectivity index (χ2n) is 6.60. The fourth-order valence-corrected chi connectivity index (χ4v) is 3.90. The number of benzene rings is 2. The number of ether oxygens (including phenoxy) is 2. The van der Waals surface area contributed by atoms with Crippen LogP contribution in [0, 0.1) is 6.92 Å². The van der Waals surface area contributed by atoms with Crippen molar-refractivity contribution in [3.8, 4) is 11.5 Å². The normalized spacial score (nSPS) is 12.0. The third-order valence-corrected chi connectivity index (χ3v) is 5.56. The van der Waals surface area contributed by atoms with Crippen LogP contribution in [0.3, 0.4) is 0 Å². The molecule has 3 rings (SSSR count). The zero-order chi connectivity index (χ0) is 20.1. The van der Waals surface area contributed by atoms with E-state index in [1.54, 1.807) is 26.0 Å². The Morgan fingerprint density at radius 3 is 2.57 bits per heavy atom. The molecule has 6 heteroatoms. The molecule has 1 heterocycles. The molecule has 0 spiro atoms. The number of fused-ring (bicyclic) bond motifs is 1. The summed E-state index contributed by atoms with van der Waals surface area (Å²) < 4.78 is 16.5. The minimum absolute atomic E-state index is 0.0175. The van der Waals surface area contributed by atoms with Crippen molar-refractivity contribution in [1.29, 1.82) is 0 Å². The number of thioether (sulfide) groups is 1. The summed E-state index contributed by atoms with van der Waals surface area (Å²) in [6.45, 7) is 3.96. The van der Waals surface area contributed by atoms with Crippen molar-refractivity contribution in [3.05, 3.63) is 59.4 Å². The van der Waals surface area contributed by atoms with Crippen LogP contribution in [0.4, 0.5) is 0 Å². The SMILES string of the molecule is COc1cc(C)c(CSCC(=O)N[C@@H](C)c2cc3ccccc3o2)cc1OC. The Bertz CT molecular complexity index is 933. The lowest BCUT2D eigenvalue weighted by molar-refractivity contribution is -0.119.